The van der Waals surface area contributed by atoms with Gasteiger partial charge in [-0.2, -0.15) is 0 Å². The molecule has 94 valence electrons. The van der Waals surface area contributed by atoms with E-state index in [9.17, 15) is 4.39 Å². The summed E-state index contributed by atoms with van der Waals surface area (Å²) in [6, 6.07) is 4.21. The Morgan fingerprint density at radius 3 is 2.56 bits per heavy atom. The Morgan fingerprint density at radius 1 is 1.22 bits per heavy atom. The lowest BCUT2D eigenvalue weighted by atomic mass is 10.2. The summed E-state index contributed by atoms with van der Waals surface area (Å²) in [6.45, 7) is 0. The molecular weight excluding hydrogens is 276 g/mol. The maximum Gasteiger partial charge on any atom is 0.164 e. The molecule has 18 heavy (non-hydrogen) atoms. The molecule has 6 heteroatoms. The lowest BCUT2D eigenvalue weighted by Crippen LogP contribution is -2.10. The maximum absolute atomic E-state index is 13.7. The molecule has 1 aromatic carbocycles. The fourth-order valence-corrected chi connectivity index (χ4v) is 1.92. The quantitative estimate of drug-likeness (QED) is 0.789. The number of halogens is 3. The summed E-state index contributed by atoms with van der Waals surface area (Å²) in [5.41, 5.74) is 0.901. The van der Waals surface area contributed by atoms with E-state index in [0.717, 1.165) is 0 Å². The van der Waals surface area contributed by atoms with Crippen molar-refractivity contribution in [3.63, 3.8) is 0 Å². The zero-order valence-electron chi connectivity index (χ0n) is 9.78. The van der Waals surface area contributed by atoms with Gasteiger partial charge >= 0.3 is 0 Å². The van der Waals surface area contributed by atoms with E-state index < -0.39 is 5.82 Å². The van der Waals surface area contributed by atoms with Crippen LogP contribution < -0.4 is 4.90 Å². The second kappa shape index (κ2) is 5.08. The Hall–Kier alpha value is -1.39. The number of hydrogen-bond acceptors (Lipinski definition) is 3. The average molecular weight is 286 g/mol. The van der Waals surface area contributed by atoms with E-state index in [1.807, 2.05) is 14.1 Å². The molecule has 1 heterocycles. The third-order valence-corrected chi connectivity index (χ3v) is 2.89. The minimum atomic E-state index is -0.437. The number of aromatic nitrogens is 2. The van der Waals surface area contributed by atoms with Crippen molar-refractivity contribution in [1.82, 2.24) is 9.97 Å². The van der Waals surface area contributed by atoms with Crippen LogP contribution in [-0.2, 0) is 0 Å². The van der Waals surface area contributed by atoms with Crippen molar-refractivity contribution in [2.75, 3.05) is 19.0 Å². The monoisotopic (exact) mass is 285 g/mol. The summed E-state index contributed by atoms with van der Waals surface area (Å²) in [6.07, 6.45) is 1.55. The third kappa shape index (κ3) is 2.54. The summed E-state index contributed by atoms with van der Waals surface area (Å²) < 4.78 is 13.7. The van der Waals surface area contributed by atoms with Crippen molar-refractivity contribution in [1.29, 1.82) is 0 Å². The molecule has 0 N–H and O–H groups in total. The van der Waals surface area contributed by atoms with Gasteiger partial charge in [-0.25, -0.2) is 14.4 Å². The highest BCUT2D eigenvalue weighted by Crippen LogP contribution is 2.27. The number of benzene rings is 1. The first kappa shape index (κ1) is 13.1. The molecule has 0 amide bonds. The van der Waals surface area contributed by atoms with Crippen molar-refractivity contribution in [3.8, 4) is 11.4 Å². The van der Waals surface area contributed by atoms with Gasteiger partial charge < -0.3 is 4.90 Å². The molecule has 2 aromatic rings. The van der Waals surface area contributed by atoms with Gasteiger partial charge in [-0.05, 0) is 18.2 Å². The van der Waals surface area contributed by atoms with Gasteiger partial charge in [0.15, 0.2) is 11.0 Å². The van der Waals surface area contributed by atoms with Crippen molar-refractivity contribution < 1.29 is 4.39 Å². The van der Waals surface area contributed by atoms with E-state index in [-0.39, 0.29) is 16.5 Å². The van der Waals surface area contributed by atoms with Gasteiger partial charge in [0.25, 0.3) is 0 Å². The van der Waals surface area contributed by atoms with Gasteiger partial charge in [0.05, 0.1) is 17.4 Å². The zero-order valence-corrected chi connectivity index (χ0v) is 11.3. The molecule has 2 rings (SSSR count). The van der Waals surface area contributed by atoms with Crippen LogP contribution in [0.25, 0.3) is 11.4 Å². The van der Waals surface area contributed by atoms with Crippen molar-refractivity contribution in [2.24, 2.45) is 0 Å². The summed E-state index contributed by atoms with van der Waals surface area (Å²) in [7, 11) is 3.65. The van der Waals surface area contributed by atoms with Gasteiger partial charge in [0.2, 0.25) is 0 Å². The van der Waals surface area contributed by atoms with Gasteiger partial charge in [-0.1, -0.05) is 23.2 Å². The van der Waals surface area contributed by atoms with Gasteiger partial charge in [0, 0.05) is 19.1 Å². The minimum Gasteiger partial charge on any atom is -0.374 e. The maximum atomic E-state index is 13.7. The largest absolute Gasteiger partial charge is 0.374 e. The Bertz CT molecular complexity index is 588. The first-order chi connectivity index (χ1) is 8.49. The normalized spacial score (nSPS) is 10.5. The standard InChI is InChI=1S/C12H10Cl2FN3/c1-18(2)10-6-16-12(17-11(10)14)8-5-7(13)3-4-9(8)15/h3-6H,1-2H3. The van der Waals surface area contributed by atoms with E-state index in [2.05, 4.69) is 9.97 Å². The van der Waals surface area contributed by atoms with Crippen LogP contribution in [0.5, 0.6) is 0 Å². The van der Waals surface area contributed by atoms with E-state index in [4.69, 9.17) is 23.2 Å². The number of hydrogen-bond donors (Lipinski definition) is 0. The second-order valence-corrected chi connectivity index (χ2v) is 4.68. The fraction of sp³-hybridized carbons (Fsp3) is 0.167. The topological polar surface area (TPSA) is 29.0 Å². The molecule has 0 fully saturated rings. The van der Waals surface area contributed by atoms with Gasteiger partial charge in [-0.15, -0.1) is 0 Å². The molecule has 0 aliphatic heterocycles. The zero-order chi connectivity index (χ0) is 13.3. The van der Waals surface area contributed by atoms with E-state index in [0.29, 0.717) is 10.7 Å². The van der Waals surface area contributed by atoms with Crippen LogP contribution >= 0.6 is 23.2 Å². The first-order valence-electron chi connectivity index (χ1n) is 5.14. The highest BCUT2D eigenvalue weighted by molar-refractivity contribution is 6.32. The fourth-order valence-electron chi connectivity index (χ4n) is 1.45. The van der Waals surface area contributed by atoms with Crippen LogP contribution in [0.4, 0.5) is 10.1 Å². The van der Waals surface area contributed by atoms with Crippen LogP contribution in [0, 0.1) is 5.82 Å². The van der Waals surface area contributed by atoms with E-state index in [1.165, 1.54) is 18.2 Å². The summed E-state index contributed by atoms with van der Waals surface area (Å²) >= 11 is 11.8. The molecule has 0 aliphatic rings. The molecule has 0 unspecified atom stereocenters. The van der Waals surface area contributed by atoms with Crippen LogP contribution in [0.1, 0.15) is 0 Å². The second-order valence-electron chi connectivity index (χ2n) is 3.89. The summed E-state index contributed by atoms with van der Waals surface area (Å²) in [5, 5.41) is 0.687. The predicted molar refractivity (Wildman–Crippen MR) is 71.8 cm³/mol. The predicted octanol–water partition coefficient (Wildman–Crippen LogP) is 3.66. The van der Waals surface area contributed by atoms with Crippen LogP contribution in [-0.4, -0.2) is 24.1 Å². The molecular formula is C12H10Cl2FN3. The average Bonchev–Trinajstić information content (AvgIpc) is 2.31. The molecule has 0 spiro atoms. The molecule has 0 bridgehead atoms. The Kier molecular flexibility index (Phi) is 3.68. The van der Waals surface area contributed by atoms with Crippen molar-refractivity contribution in [2.45, 2.75) is 0 Å². The highest BCUT2D eigenvalue weighted by atomic mass is 35.5. The molecule has 0 atom stereocenters. The van der Waals surface area contributed by atoms with Gasteiger partial charge in [0.1, 0.15) is 5.82 Å². The molecule has 3 nitrogen and oxygen atoms in total. The van der Waals surface area contributed by atoms with E-state index >= 15 is 0 Å². The first-order valence-corrected chi connectivity index (χ1v) is 5.90. The number of anilines is 1. The Labute approximate surface area is 114 Å². The summed E-state index contributed by atoms with van der Waals surface area (Å²) in [5.74, 6) is -0.223. The molecule has 0 aliphatic carbocycles. The van der Waals surface area contributed by atoms with Gasteiger partial charge in [-0.3, -0.25) is 0 Å². The highest BCUT2D eigenvalue weighted by Gasteiger charge is 2.12. The SMILES string of the molecule is CN(C)c1cnc(-c2cc(Cl)ccc2F)nc1Cl. The molecule has 0 saturated carbocycles. The summed E-state index contributed by atoms with van der Waals surface area (Å²) in [4.78, 5) is 9.96. The van der Waals surface area contributed by atoms with Crippen molar-refractivity contribution >= 4 is 28.9 Å². The van der Waals surface area contributed by atoms with E-state index in [1.54, 1.807) is 11.1 Å². The smallest absolute Gasteiger partial charge is 0.164 e. The molecule has 1 aromatic heterocycles. The third-order valence-electron chi connectivity index (χ3n) is 2.38. The van der Waals surface area contributed by atoms with Crippen molar-refractivity contribution in [3.05, 3.63) is 40.4 Å². The molecule has 0 radical (unpaired) electrons. The Morgan fingerprint density at radius 2 is 1.94 bits per heavy atom. The lowest BCUT2D eigenvalue weighted by Gasteiger charge is -2.13. The van der Waals surface area contributed by atoms with Crippen LogP contribution in [0.3, 0.4) is 0 Å². The molecule has 0 saturated heterocycles. The number of nitrogens with zero attached hydrogens (tertiary/aromatic N) is 3. The van der Waals surface area contributed by atoms with Crippen LogP contribution in [0.2, 0.25) is 10.2 Å². The lowest BCUT2D eigenvalue weighted by molar-refractivity contribution is 0.630. The Balaban J connectivity index is 2.52. The minimum absolute atomic E-state index is 0.214. The number of rotatable bonds is 2. The van der Waals surface area contributed by atoms with Crippen LogP contribution in [0.15, 0.2) is 24.4 Å².